The summed E-state index contributed by atoms with van der Waals surface area (Å²) in [5, 5.41) is 16.5. The molecule has 4 aromatic rings. The third-order valence-corrected chi connectivity index (χ3v) is 4.93. The maximum absolute atomic E-state index is 12.3. The van der Waals surface area contributed by atoms with E-state index in [0.29, 0.717) is 37.1 Å². The number of benzene rings is 2. The molecule has 0 unspecified atom stereocenters. The molecule has 1 amide bonds. The molecular weight excluding hydrogens is 408 g/mol. The Morgan fingerprint density at radius 1 is 1.09 bits per heavy atom. The molecule has 0 aliphatic rings. The number of fused-ring (bicyclic) bond motifs is 1. The summed E-state index contributed by atoms with van der Waals surface area (Å²) in [4.78, 5) is 16.9. The van der Waals surface area contributed by atoms with Crippen molar-refractivity contribution in [1.29, 1.82) is 0 Å². The van der Waals surface area contributed by atoms with Gasteiger partial charge in [0.15, 0.2) is 11.5 Å². The summed E-state index contributed by atoms with van der Waals surface area (Å²) in [5.41, 5.74) is 3.00. The molecule has 9 nitrogen and oxygen atoms in total. The number of carbonyl (C=O) groups excluding carboxylic acids is 1. The highest BCUT2D eigenvalue weighted by molar-refractivity contribution is 5.83. The minimum absolute atomic E-state index is 0.00374. The molecule has 2 N–H and O–H groups in total. The van der Waals surface area contributed by atoms with Gasteiger partial charge >= 0.3 is 0 Å². The van der Waals surface area contributed by atoms with Crippen LogP contribution in [0, 0.1) is 0 Å². The van der Waals surface area contributed by atoms with Gasteiger partial charge in [-0.15, -0.1) is 10.2 Å². The first-order valence-corrected chi connectivity index (χ1v) is 10.7. The Hall–Kier alpha value is -3.88. The summed E-state index contributed by atoms with van der Waals surface area (Å²) in [6, 6.07) is 13.6. The first-order chi connectivity index (χ1) is 15.7. The third kappa shape index (κ3) is 4.88. The Kier molecular flexibility index (Phi) is 6.64. The predicted octanol–water partition coefficient (Wildman–Crippen LogP) is 2.98. The van der Waals surface area contributed by atoms with Crippen LogP contribution in [-0.2, 0) is 17.8 Å². The van der Waals surface area contributed by atoms with Crippen molar-refractivity contribution in [3.8, 4) is 22.9 Å². The Morgan fingerprint density at radius 3 is 2.75 bits per heavy atom. The molecule has 0 spiro atoms. The van der Waals surface area contributed by atoms with Gasteiger partial charge in [-0.05, 0) is 55.3 Å². The number of ether oxygens (including phenoxy) is 2. The van der Waals surface area contributed by atoms with Crippen molar-refractivity contribution in [2.75, 3.05) is 19.8 Å². The van der Waals surface area contributed by atoms with E-state index in [1.54, 1.807) is 0 Å². The van der Waals surface area contributed by atoms with Gasteiger partial charge in [-0.3, -0.25) is 4.79 Å². The van der Waals surface area contributed by atoms with Crippen LogP contribution in [0.15, 0.2) is 48.7 Å². The molecule has 0 atom stereocenters. The molecule has 0 radical (unpaired) electrons. The van der Waals surface area contributed by atoms with E-state index in [9.17, 15) is 4.79 Å². The van der Waals surface area contributed by atoms with Crippen LogP contribution in [0.5, 0.6) is 11.5 Å². The lowest BCUT2D eigenvalue weighted by atomic mass is 10.1. The van der Waals surface area contributed by atoms with Gasteiger partial charge in [0.05, 0.1) is 13.2 Å². The summed E-state index contributed by atoms with van der Waals surface area (Å²) in [7, 11) is 0. The summed E-state index contributed by atoms with van der Waals surface area (Å²) < 4.78 is 11.2. The van der Waals surface area contributed by atoms with E-state index in [1.165, 1.54) is 15.7 Å². The highest BCUT2D eigenvalue weighted by Crippen LogP contribution is 2.31. The van der Waals surface area contributed by atoms with Crippen LogP contribution in [0.1, 0.15) is 19.4 Å². The minimum atomic E-state index is -0.171. The standard InChI is InChI=1S/C23H26N6O3/c1-3-31-20-10-9-16(13-21(20)32-4-2)23-26-28-29(27-23)15-22(30)24-12-11-17-14-25-19-8-6-5-7-18(17)19/h5-10,13-14,25H,3-4,11-12,15H2,1-2H3,(H,24,30). The smallest absolute Gasteiger partial charge is 0.243 e. The average molecular weight is 435 g/mol. The number of carbonyl (C=O) groups is 1. The second-order valence-electron chi connectivity index (χ2n) is 7.13. The second kappa shape index (κ2) is 9.95. The Labute approximate surface area is 185 Å². The van der Waals surface area contributed by atoms with Gasteiger partial charge in [-0.2, -0.15) is 4.80 Å². The molecule has 0 aliphatic heterocycles. The van der Waals surface area contributed by atoms with Crippen molar-refractivity contribution < 1.29 is 14.3 Å². The van der Waals surface area contributed by atoms with Crippen LogP contribution in [-0.4, -0.2) is 50.9 Å². The van der Waals surface area contributed by atoms with Gasteiger partial charge < -0.3 is 19.8 Å². The van der Waals surface area contributed by atoms with E-state index in [0.717, 1.165) is 17.5 Å². The molecule has 2 heterocycles. The van der Waals surface area contributed by atoms with Crippen molar-refractivity contribution in [3.05, 3.63) is 54.2 Å². The molecule has 0 fully saturated rings. The molecule has 32 heavy (non-hydrogen) atoms. The molecule has 4 rings (SSSR count). The van der Waals surface area contributed by atoms with Gasteiger partial charge in [0.25, 0.3) is 0 Å². The Bertz CT molecular complexity index is 1200. The Balaban J connectivity index is 1.34. The number of rotatable bonds is 10. The average Bonchev–Trinajstić information content (AvgIpc) is 3.43. The van der Waals surface area contributed by atoms with Crippen LogP contribution in [0.2, 0.25) is 0 Å². The number of nitrogens with one attached hydrogen (secondary N) is 2. The van der Waals surface area contributed by atoms with E-state index >= 15 is 0 Å². The molecule has 2 aromatic heterocycles. The number of tetrazole rings is 1. The second-order valence-corrected chi connectivity index (χ2v) is 7.13. The topological polar surface area (TPSA) is 107 Å². The summed E-state index contributed by atoms with van der Waals surface area (Å²) >= 11 is 0. The predicted molar refractivity (Wildman–Crippen MR) is 121 cm³/mol. The molecule has 2 aromatic carbocycles. The first-order valence-electron chi connectivity index (χ1n) is 10.7. The SMILES string of the molecule is CCOc1ccc(-c2nnn(CC(=O)NCCc3c[nH]c4ccccc34)n2)cc1OCC. The number of aromatic amines is 1. The molecule has 0 saturated carbocycles. The van der Waals surface area contributed by atoms with Crippen molar-refractivity contribution in [2.45, 2.75) is 26.8 Å². The third-order valence-electron chi connectivity index (χ3n) is 4.93. The van der Waals surface area contributed by atoms with E-state index < -0.39 is 0 Å². The fraction of sp³-hybridized carbons (Fsp3) is 0.304. The minimum Gasteiger partial charge on any atom is -0.490 e. The van der Waals surface area contributed by atoms with Gasteiger partial charge in [0.2, 0.25) is 11.7 Å². The maximum atomic E-state index is 12.3. The number of aromatic nitrogens is 5. The molecule has 0 saturated heterocycles. The normalized spacial score (nSPS) is 10.9. The van der Waals surface area contributed by atoms with Gasteiger partial charge in [0, 0.05) is 29.2 Å². The number of hydrogen-bond donors (Lipinski definition) is 2. The number of nitrogens with zero attached hydrogens (tertiary/aromatic N) is 4. The van der Waals surface area contributed by atoms with E-state index in [2.05, 4.69) is 31.8 Å². The lowest BCUT2D eigenvalue weighted by Crippen LogP contribution is -2.30. The van der Waals surface area contributed by atoms with Crippen LogP contribution in [0.3, 0.4) is 0 Å². The number of amides is 1. The quantitative estimate of drug-likeness (QED) is 0.397. The molecule has 9 heteroatoms. The van der Waals surface area contributed by atoms with Crippen LogP contribution in [0.4, 0.5) is 0 Å². The highest BCUT2D eigenvalue weighted by atomic mass is 16.5. The zero-order chi connectivity index (χ0) is 22.3. The monoisotopic (exact) mass is 434 g/mol. The van der Waals surface area contributed by atoms with Gasteiger partial charge in [-0.25, -0.2) is 0 Å². The molecule has 0 bridgehead atoms. The van der Waals surface area contributed by atoms with Crippen LogP contribution in [0.25, 0.3) is 22.3 Å². The fourth-order valence-corrected chi connectivity index (χ4v) is 3.48. The lowest BCUT2D eigenvalue weighted by Gasteiger charge is -2.11. The van der Waals surface area contributed by atoms with E-state index in [4.69, 9.17) is 9.47 Å². The maximum Gasteiger partial charge on any atom is 0.243 e. The molecule has 166 valence electrons. The summed E-state index contributed by atoms with van der Waals surface area (Å²) in [6.07, 6.45) is 2.72. The van der Waals surface area contributed by atoms with Crippen molar-refractivity contribution in [2.24, 2.45) is 0 Å². The summed E-state index contributed by atoms with van der Waals surface area (Å²) in [5.74, 6) is 1.54. The fourth-order valence-electron chi connectivity index (χ4n) is 3.48. The zero-order valence-corrected chi connectivity index (χ0v) is 18.2. The van der Waals surface area contributed by atoms with Crippen molar-refractivity contribution in [3.63, 3.8) is 0 Å². The van der Waals surface area contributed by atoms with Crippen molar-refractivity contribution >= 4 is 16.8 Å². The zero-order valence-electron chi connectivity index (χ0n) is 18.2. The number of H-pyrrole nitrogens is 1. The lowest BCUT2D eigenvalue weighted by molar-refractivity contribution is -0.122. The largest absolute Gasteiger partial charge is 0.490 e. The Morgan fingerprint density at radius 2 is 1.91 bits per heavy atom. The van der Waals surface area contributed by atoms with Gasteiger partial charge in [-0.1, -0.05) is 18.2 Å². The van der Waals surface area contributed by atoms with Crippen molar-refractivity contribution in [1.82, 2.24) is 30.5 Å². The first kappa shape index (κ1) is 21.4. The molecule has 0 aliphatic carbocycles. The highest BCUT2D eigenvalue weighted by Gasteiger charge is 2.13. The van der Waals surface area contributed by atoms with Gasteiger partial charge in [0.1, 0.15) is 6.54 Å². The number of hydrogen-bond acceptors (Lipinski definition) is 6. The summed E-state index contributed by atoms with van der Waals surface area (Å²) in [6.45, 7) is 5.41. The van der Waals surface area contributed by atoms with Crippen LogP contribution >= 0.6 is 0 Å². The number of para-hydroxylation sites is 1. The van der Waals surface area contributed by atoms with E-state index in [-0.39, 0.29) is 12.5 Å². The van der Waals surface area contributed by atoms with E-state index in [1.807, 2.05) is 56.4 Å². The van der Waals surface area contributed by atoms with Crippen LogP contribution < -0.4 is 14.8 Å². The molecular formula is C23H26N6O3.